The molecule has 35 heavy (non-hydrogen) atoms. The third-order valence-corrected chi connectivity index (χ3v) is 6.72. The Balaban J connectivity index is 2.21. The molecule has 0 spiro atoms. The van der Waals surface area contributed by atoms with Crippen LogP contribution in [-0.2, 0) is 25.6 Å². The third kappa shape index (κ3) is 8.14. The molecule has 0 saturated carbocycles. The van der Waals surface area contributed by atoms with Gasteiger partial charge in [-0.15, -0.1) is 0 Å². The van der Waals surface area contributed by atoms with Crippen LogP contribution in [0.3, 0.4) is 0 Å². The second-order valence-corrected chi connectivity index (χ2v) is 10.1. The summed E-state index contributed by atoms with van der Waals surface area (Å²) >= 11 is 1.48. The molecular formula is C24H36N4O6S. The number of carboxylic acid groups (broad SMARTS) is 1. The fourth-order valence-electron chi connectivity index (χ4n) is 3.90. The molecule has 10 nitrogen and oxygen atoms in total. The number of benzene rings is 1. The predicted molar refractivity (Wildman–Crippen MR) is 134 cm³/mol. The third-order valence-electron chi connectivity index (χ3n) is 6.08. The molecule has 1 aliphatic heterocycles. The van der Waals surface area contributed by atoms with Crippen molar-refractivity contribution in [3.8, 4) is 5.75 Å². The lowest BCUT2D eigenvalue weighted by Gasteiger charge is -2.30. The summed E-state index contributed by atoms with van der Waals surface area (Å²) in [6.45, 7) is 3.92. The highest BCUT2D eigenvalue weighted by Gasteiger charge is 2.39. The minimum Gasteiger partial charge on any atom is -0.508 e. The highest BCUT2D eigenvalue weighted by molar-refractivity contribution is 7.98. The van der Waals surface area contributed by atoms with Crippen LogP contribution in [0.1, 0.15) is 38.7 Å². The van der Waals surface area contributed by atoms with Gasteiger partial charge in [-0.05, 0) is 54.9 Å². The summed E-state index contributed by atoms with van der Waals surface area (Å²) in [5.41, 5.74) is 6.69. The number of carbonyl (C=O) groups excluding carboxylic acids is 3. The van der Waals surface area contributed by atoms with Crippen LogP contribution in [-0.4, -0.2) is 81.5 Å². The van der Waals surface area contributed by atoms with Gasteiger partial charge in [0.05, 0.1) is 6.04 Å². The van der Waals surface area contributed by atoms with Crippen molar-refractivity contribution in [2.24, 2.45) is 11.7 Å². The maximum atomic E-state index is 13.6. The number of nitrogens with zero attached hydrogens (tertiary/aromatic N) is 1. The standard InChI is InChI=1S/C24H36N4O6S/c1-14(2)20(25)22(31)27-18(13-15-6-8-16(29)9-7-15)23(32)28-11-4-5-19(28)21(30)26-17(24(33)34)10-12-35-3/h6-9,14,17-20,29H,4-5,10-13,25H2,1-3H3,(H,26,30)(H,27,31)(H,33,34). The van der Waals surface area contributed by atoms with Crippen LogP contribution in [0.4, 0.5) is 0 Å². The number of thioether (sulfide) groups is 1. The molecule has 0 aromatic heterocycles. The second kappa shape index (κ2) is 13.3. The molecule has 2 rings (SSSR count). The van der Waals surface area contributed by atoms with Gasteiger partial charge >= 0.3 is 5.97 Å². The minimum atomic E-state index is -1.12. The first kappa shape index (κ1) is 28.4. The summed E-state index contributed by atoms with van der Waals surface area (Å²) in [7, 11) is 0. The second-order valence-electron chi connectivity index (χ2n) is 9.07. The quantitative estimate of drug-likeness (QED) is 0.276. The van der Waals surface area contributed by atoms with E-state index in [9.17, 15) is 29.4 Å². The van der Waals surface area contributed by atoms with Gasteiger partial charge in [0.15, 0.2) is 0 Å². The van der Waals surface area contributed by atoms with Crippen molar-refractivity contribution in [3.05, 3.63) is 29.8 Å². The lowest BCUT2D eigenvalue weighted by Crippen LogP contribution is -2.57. The summed E-state index contributed by atoms with van der Waals surface area (Å²) < 4.78 is 0. The molecule has 194 valence electrons. The molecule has 11 heteroatoms. The van der Waals surface area contributed by atoms with Gasteiger partial charge < -0.3 is 31.5 Å². The van der Waals surface area contributed by atoms with Crippen LogP contribution in [0.5, 0.6) is 5.75 Å². The number of aliphatic carboxylic acids is 1. The first-order valence-electron chi connectivity index (χ1n) is 11.7. The zero-order valence-corrected chi connectivity index (χ0v) is 21.2. The normalized spacial score (nSPS) is 18.1. The van der Waals surface area contributed by atoms with E-state index in [0.717, 1.165) is 0 Å². The maximum Gasteiger partial charge on any atom is 0.326 e. The van der Waals surface area contributed by atoms with E-state index in [-0.39, 0.29) is 24.5 Å². The fourth-order valence-corrected chi connectivity index (χ4v) is 4.37. The Morgan fingerprint density at radius 1 is 1.14 bits per heavy atom. The number of carboxylic acids is 1. The van der Waals surface area contributed by atoms with Gasteiger partial charge in [0.2, 0.25) is 17.7 Å². The van der Waals surface area contributed by atoms with Gasteiger partial charge in [0, 0.05) is 13.0 Å². The number of aromatic hydroxyl groups is 1. The SMILES string of the molecule is CSCCC(NC(=O)C1CCCN1C(=O)C(Cc1ccc(O)cc1)NC(=O)C(N)C(C)C)C(=O)O. The van der Waals surface area contributed by atoms with Crippen molar-refractivity contribution in [2.45, 2.75) is 63.7 Å². The number of rotatable bonds is 12. The molecule has 1 saturated heterocycles. The van der Waals surface area contributed by atoms with Crippen LogP contribution < -0.4 is 16.4 Å². The molecule has 6 N–H and O–H groups in total. The Morgan fingerprint density at radius 2 is 1.80 bits per heavy atom. The van der Waals surface area contributed by atoms with Crippen LogP contribution in [0.15, 0.2) is 24.3 Å². The minimum absolute atomic E-state index is 0.0771. The van der Waals surface area contributed by atoms with E-state index in [4.69, 9.17) is 5.73 Å². The number of carbonyl (C=O) groups is 4. The molecule has 1 heterocycles. The lowest BCUT2D eigenvalue weighted by atomic mass is 10.0. The van der Waals surface area contributed by atoms with Crippen molar-refractivity contribution >= 4 is 35.5 Å². The van der Waals surface area contributed by atoms with Gasteiger partial charge in [-0.2, -0.15) is 11.8 Å². The Morgan fingerprint density at radius 3 is 2.37 bits per heavy atom. The molecular weight excluding hydrogens is 472 g/mol. The molecule has 4 atom stereocenters. The average molecular weight is 509 g/mol. The molecule has 0 aliphatic carbocycles. The van der Waals surface area contributed by atoms with E-state index in [1.165, 1.54) is 28.8 Å². The van der Waals surface area contributed by atoms with Gasteiger partial charge in [-0.25, -0.2) is 4.79 Å². The number of nitrogens with one attached hydrogen (secondary N) is 2. The largest absolute Gasteiger partial charge is 0.508 e. The Labute approximate surface area is 210 Å². The van der Waals surface area contributed by atoms with E-state index in [0.29, 0.717) is 30.7 Å². The summed E-state index contributed by atoms with van der Waals surface area (Å²) in [4.78, 5) is 52.2. The Bertz CT molecular complexity index is 895. The summed E-state index contributed by atoms with van der Waals surface area (Å²) in [6, 6.07) is 2.65. The number of hydrogen-bond donors (Lipinski definition) is 5. The highest BCUT2D eigenvalue weighted by atomic mass is 32.2. The molecule has 1 fully saturated rings. The fraction of sp³-hybridized carbons (Fsp3) is 0.583. The topological polar surface area (TPSA) is 162 Å². The first-order valence-corrected chi connectivity index (χ1v) is 13.1. The van der Waals surface area contributed by atoms with Crippen molar-refractivity contribution in [1.29, 1.82) is 0 Å². The average Bonchev–Trinajstić information content (AvgIpc) is 3.31. The van der Waals surface area contributed by atoms with E-state index >= 15 is 0 Å². The number of hydrogen-bond acceptors (Lipinski definition) is 7. The molecule has 1 aromatic carbocycles. The Hall–Kier alpha value is -2.79. The van der Waals surface area contributed by atoms with Crippen LogP contribution in [0.2, 0.25) is 0 Å². The van der Waals surface area contributed by atoms with Crippen LogP contribution in [0.25, 0.3) is 0 Å². The highest BCUT2D eigenvalue weighted by Crippen LogP contribution is 2.21. The number of phenolic OH excluding ortho intramolecular Hbond substituents is 1. The van der Waals surface area contributed by atoms with E-state index < -0.39 is 47.9 Å². The van der Waals surface area contributed by atoms with Crippen molar-refractivity contribution in [1.82, 2.24) is 15.5 Å². The molecule has 1 aromatic rings. The predicted octanol–water partition coefficient (Wildman–Crippen LogP) is 0.716. The van der Waals surface area contributed by atoms with Gasteiger partial charge in [-0.3, -0.25) is 14.4 Å². The number of amides is 3. The van der Waals surface area contributed by atoms with Gasteiger partial charge in [0.25, 0.3) is 0 Å². The van der Waals surface area contributed by atoms with E-state index in [1.54, 1.807) is 26.0 Å². The van der Waals surface area contributed by atoms with Crippen molar-refractivity contribution < 1.29 is 29.4 Å². The van der Waals surface area contributed by atoms with Crippen LogP contribution in [0, 0.1) is 5.92 Å². The van der Waals surface area contributed by atoms with Crippen LogP contribution >= 0.6 is 11.8 Å². The molecule has 0 bridgehead atoms. The smallest absolute Gasteiger partial charge is 0.326 e. The summed E-state index contributed by atoms with van der Waals surface area (Å²) in [6.07, 6.45) is 3.25. The summed E-state index contributed by atoms with van der Waals surface area (Å²) in [5, 5.41) is 24.3. The monoisotopic (exact) mass is 508 g/mol. The van der Waals surface area contributed by atoms with Crippen molar-refractivity contribution in [2.75, 3.05) is 18.6 Å². The first-order chi connectivity index (χ1) is 16.5. The molecule has 4 unspecified atom stereocenters. The van der Waals surface area contributed by atoms with Gasteiger partial charge in [0.1, 0.15) is 23.9 Å². The van der Waals surface area contributed by atoms with E-state index in [2.05, 4.69) is 10.6 Å². The summed E-state index contributed by atoms with van der Waals surface area (Å²) in [5.74, 6) is -2.04. The van der Waals surface area contributed by atoms with Crippen molar-refractivity contribution in [3.63, 3.8) is 0 Å². The number of phenols is 1. The zero-order valence-electron chi connectivity index (χ0n) is 20.4. The zero-order chi connectivity index (χ0) is 26.1. The molecule has 3 amide bonds. The Kier molecular flexibility index (Phi) is 10.8. The van der Waals surface area contributed by atoms with E-state index in [1.807, 2.05) is 6.26 Å². The molecule has 1 aliphatic rings. The lowest BCUT2D eigenvalue weighted by molar-refractivity contribution is -0.145. The number of likely N-dealkylation sites (tertiary alicyclic amines) is 1. The maximum absolute atomic E-state index is 13.6. The van der Waals surface area contributed by atoms with Gasteiger partial charge in [-0.1, -0.05) is 26.0 Å². The number of nitrogens with two attached hydrogens (primary N) is 1. The molecule has 0 radical (unpaired) electrons.